The maximum atomic E-state index is 8.33. The molecule has 5 heteroatoms. The van der Waals surface area contributed by atoms with Crippen LogP contribution in [0.3, 0.4) is 0 Å². The van der Waals surface area contributed by atoms with E-state index in [9.17, 15) is 0 Å². The van der Waals surface area contributed by atoms with Gasteiger partial charge in [-0.3, -0.25) is 0 Å². The number of imidazole rings is 1. The molecule has 0 atom stereocenters. The summed E-state index contributed by atoms with van der Waals surface area (Å²) < 4.78 is 0. The fourth-order valence-electron chi connectivity index (χ4n) is 0.553. The summed E-state index contributed by atoms with van der Waals surface area (Å²) in [6, 6.07) is 3.47. The SMILES string of the molecule is [B]c1nc(C#N)c(C#N)[nH]1. The number of nitrogens with one attached hydrogen (secondary N) is 1. The molecule has 0 fully saturated rings. The maximum Gasteiger partial charge on any atom is 0.175 e. The Morgan fingerprint density at radius 3 is 2.50 bits per heavy atom. The molecule has 0 aliphatic rings. The van der Waals surface area contributed by atoms with Crippen LogP contribution in [0, 0.1) is 22.7 Å². The van der Waals surface area contributed by atoms with E-state index in [1.54, 1.807) is 12.1 Å². The van der Waals surface area contributed by atoms with Crippen molar-refractivity contribution >= 4 is 13.6 Å². The maximum absolute atomic E-state index is 8.33. The Labute approximate surface area is 58.5 Å². The van der Waals surface area contributed by atoms with E-state index in [2.05, 4.69) is 9.97 Å². The highest BCUT2D eigenvalue weighted by Gasteiger charge is 2.03. The number of H-pyrrole nitrogens is 1. The van der Waals surface area contributed by atoms with Gasteiger partial charge in [0.05, 0.1) is 0 Å². The molecule has 0 amide bonds. The van der Waals surface area contributed by atoms with Crippen molar-refractivity contribution in [3.63, 3.8) is 0 Å². The first-order valence-corrected chi connectivity index (χ1v) is 2.43. The van der Waals surface area contributed by atoms with Gasteiger partial charge in [0.1, 0.15) is 12.1 Å². The molecule has 1 rings (SSSR count). The molecule has 0 saturated heterocycles. The first kappa shape index (κ1) is 6.38. The van der Waals surface area contributed by atoms with Gasteiger partial charge in [-0.2, -0.15) is 10.5 Å². The Morgan fingerprint density at radius 2 is 2.10 bits per heavy atom. The zero-order valence-corrected chi connectivity index (χ0v) is 4.92. The largest absolute Gasteiger partial charge is 0.342 e. The molecule has 0 saturated carbocycles. The number of hydrogen-bond donors (Lipinski definition) is 1. The van der Waals surface area contributed by atoms with Crippen LogP contribution in [0.5, 0.6) is 0 Å². The van der Waals surface area contributed by atoms with Gasteiger partial charge in [0.25, 0.3) is 0 Å². The normalized spacial score (nSPS) is 8.20. The van der Waals surface area contributed by atoms with Gasteiger partial charge in [0.15, 0.2) is 19.2 Å². The van der Waals surface area contributed by atoms with Crippen LogP contribution in [0.15, 0.2) is 0 Å². The minimum atomic E-state index is 0.0417. The molecule has 0 unspecified atom stereocenters. The predicted octanol–water partition coefficient (Wildman–Crippen LogP) is -1.05. The molecule has 0 aromatic carbocycles. The van der Waals surface area contributed by atoms with Gasteiger partial charge >= 0.3 is 0 Å². The molecule has 44 valence electrons. The van der Waals surface area contributed by atoms with Crippen molar-refractivity contribution < 1.29 is 0 Å². The van der Waals surface area contributed by atoms with Crippen molar-refractivity contribution in [3.05, 3.63) is 11.4 Å². The molecular weight excluding hydrogens is 127 g/mol. The lowest BCUT2D eigenvalue weighted by atomic mass is 10.1. The van der Waals surface area contributed by atoms with Crippen LogP contribution >= 0.6 is 0 Å². The molecule has 0 spiro atoms. The van der Waals surface area contributed by atoms with E-state index < -0.39 is 0 Å². The van der Waals surface area contributed by atoms with Crippen molar-refractivity contribution in [2.75, 3.05) is 0 Å². The summed E-state index contributed by atoms with van der Waals surface area (Å²) in [6.45, 7) is 0. The van der Waals surface area contributed by atoms with Crippen LogP contribution < -0.4 is 5.72 Å². The zero-order chi connectivity index (χ0) is 7.56. The number of nitrogens with zero attached hydrogens (tertiary/aromatic N) is 3. The Bertz CT molecular complexity index is 295. The van der Waals surface area contributed by atoms with Gasteiger partial charge in [0.2, 0.25) is 0 Å². The number of hydrogen-bond acceptors (Lipinski definition) is 3. The highest BCUT2D eigenvalue weighted by atomic mass is 14.9. The van der Waals surface area contributed by atoms with Crippen molar-refractivity contribution in [1.82, 2.24) is 9.97 Å². The number of aromatic amines is 1. The highest BCUT2D eigenvalue weighted by Crippen LogP contribution is 1.94. The van der Waals surface area contributed by atoms with E-state index in [1.807, 2.05) is 0 Å². The summed E-state index contributed by atoms with van der Waals surface area (Å²) in [6.07, 6.45) is 0. The smallest absolute Gasteiger partial charge is 0.175 e. The lowest BCUT2D eigenvalue weighted by Gasteiger charge is -1.74. The lowest BCUT2D eigenvalue weighted by molar-refractivity contribution is 1.34. The van der Waals surface area contributed by atoms with Gasteiger partial charge in [0, 0.05) is 5.72 Å². The van der Waals surface area contributed by atoms with Crippen LogP contribution in [0.2, 0.25) is 0 Å². The van der Waals surface area contributed by atoms with Gasteiger partial charge in [-0.05, 0) is 0 Å². The third kappa shape index (κ3) is 0.850. The van der Waals surface area contributed by atoms with Crippen molar-refractivity contribution in [2.45, 2.75) is 0 Å². The molecule has 10 heavy (non-hydrogen) atoms. The summed E-state index contributed by atoms with van der Waals surface area (Å²) in [5.41, 5.74) is 0.244. The molecule has 1 heterocycles. The Kier molecular flexibility index (Phi) is 1.43. The molecule has 0 aliphatic heterocycles. The Morgan fingerprint density at radius 1 is 1.40 bits per heavy atom. The topological polar surface area (TPSA) is 76.3 Å². The first-order chi connectivity index (χ1) is 4.77. The third-order valence-corrected chi connectivity index (χ3v) is 0.940. The van der Waals surface area contributed by atoms with Crippen LogP contribution in [0.4, 0.5) is 0 Å². The number of rotatable bonds is 0. The Hall–Kier alpha value is -1.75. The third-order valence-electron chi connectivity index (χ3n) is 0.940. The van der Waals surface area contributed by atoms with E-state index in [1.165, 1.54) is 0 Å². The van der Waals surface area contributed by atoms with Gasteiger partial charge < -0.3 is 4.98 Å². The minimum absolute atomic E-state index is 0.0417. The first-order valence-electron chi connectivity index (χ1n) is 2.43. The second-order valence-electron chi connectivity index (χ2n) is 1.57. The predicted molar refractivity (Wildman–Crippen MR) is 33.4 cm³/mol. The van der Waals surface area contributed by atoms with Gasteiger partial charge in [-0.15, -0.1) is 0 Å². The number of aromatic nitrogens is 2. The fourth-order valence-corrected chi connectivity index (χ4v) is 0.553. The molecule has 2 radical (unpaired) electrons. The van der Waals surface area contributed by atoms with Crippen molar-refractivity contribution in [2.24, 2.45) is 0 Å². The fraction of sp³-hybridized carbons (Fsp3) is 0. The average Bonchev–Trinajstić information content (AvgIpc) is 2.30. The summed E-state index contributed by atoms with van der Waals surface area (Å²) in [5.74, 6) is 0. The van der Waals surface area contributed by atoms with E-state index in [-0.39, 0.29) is 17.1 Å². The van der Waals surface area contributed by atoms with Gasteiger partial charge in [-0.1, -0.05) is 0 Å². The Balaban J connectivity index is 3.28. The summed E-state index contributed by atoms with van der Waals surface area (Å²) in [5, 5.41) is 16.7. The second-order valence-corrected chi connectivity index (χ2v) is 1.57. The number of nitriles is 2. The standard InChI is InChI=1S/C5HBN4/c6-5-9-3(1-7)4(2-8)10-5/h(H,9,10). The van der Waals surface area contributed by atoms with E-state index in [0.717, 1.165) is 0 Å². The molecule has 1 N–H and O–H groups in total. The molecule has 4 nitrogen and oxygen atoms in total. The van der Waals surface area contributed by atoms with Gasteiger partial charge in [-0.25, -0.2) is 4.98 Å². The molecule has 0 bridgehead atoms. The second kappa shape index (κ2) is 2.24. The van der Waals surface area contributed by atoms with E-state index in [0.29, 0.717) is 0 Å². The molecule has 0 aliphatic carbocycles. The summed E-state index contributed by atoms with van der Waals surface area (Å²) >= 11 is 0. The summed E-state index contributed by atoms with van der Waals surface area (Å²) in [7, 11) is 5.16. The highest BCUT2D eigenvalue weighted by molar-refractivity contribution is 6.29. The van der Waals surface area contributed by atoms with Crippen molar-refractivity contribution in [3.8, 4) is 12.1 Å². The van der Waals surface area contributed by atoms with Crippen LogP contribution in [0.1, 0.15) is 11.4 Å². The molecule has 1 aromatic rings. The van der Waals surface area contributed by atoms with Crippen molar-refractivity contribution in [1.29, 1.82) is 10.5 Å². The molecule has 1 aromatic heterocycles. The monoisotopic (exact) mass is 128 g/mol. The summed E-state index contributed by atoms with van der Waals surface area (Å²) in [4.78, 5) is 5.97. The quantitative estimate of drug-likeness (QED) is 0.452. The van der Waals surface area contributed by atoms with E-state index >= 15 is 0 Å². The van der Waals surface area contributed by atoms with Crippen LogP contribution in [-0.4, -0.2) is 17.8 Å². The zero-order valence-electron chi connectivity index (χ0n) is 4.92. The van der Waals surface area contributed by atoms with E-state index in [4.69, 9.17) is 18.4 Å². The lowest BCUT2D eigenvalue weighted by Crippen LogP contribution is -2.05. The average molecular weight is 128 g/mol. The molecular formula is C5HBN4. The van der Waals surface area contributed by atoms with Crippen LogP contribution in [-0.2, 0) is 0 Å². The van der Waals surface area contributed by atoms with Crippen LogP contribution in [0.25, 0.3) is 0 Å². The minimum Gasteiger partial charge on any atom is -0.342 e.